The summed E-state index contributed by atoms with van der Waals surface area (Å²) in [6.07, 6.45) is 1.47. The van der Waals surface area contributed by atoms with Gasteiger partial charge in [0.25, 0.3) is 0 Å². The quantitative estimate of drug-likeness (QED) is 0.232. The van der Waals surface area contributed by atoms with Gasteiger partial charge in [0, 0.05) is 23.6 Å². The second-order valence-corrected chi connectivity index (χ2v) is 11.7. The maximum atomic E-state index is 13.2. The normalized spacial score (nSPS) is 22.8. The summed E-state index contributed by atoms with van der Waals surface area (Å²) in [5.74, 6) is -0.232. The van der Waals surface area contributed by atoms with Crippen LogP contribution in [0.1, 0.15) is 84.4 Å². The lowest BCUT2D eigenvalue weighted by molar-refractivity contribution is -0.128. The van der Waals surface area contributed by atoms with Crippen LogP contribution >= 0.6 is 12.6 Å². The third kappa shape index (κ3) is 7.76. The van der Waals surface area contributed by atoms with Crippen molar-refractivity contribution in [3.63, 3.8) is 0 Å². The Hall–Kier alpha value is -1.96. The summed E-state index contributed by atoms with van der Waals surface area (Å²) >= 11 is 4.42. The van der Waals surface area contributed by atoms with E-state index in [2.05, 4.69) is 23.3 Å². The highest BCUT2D eigenvalue weighted by atomic mass is 32.1. The molecule has 0 aromatic heterocycles. The molecular weight excluding hydrogens is 458 g/mol. The summed E-state index contributed by atoms with van der Waals surface area (Å²) in [7, 11) is 1.81. The third-order valence-electron chi connectivity index (χ3n) is 7.04. The Balaban J connectivity index is 2.04. The minimum absolute atomic E-state index is 0.0115. The number of amides is 1. The average Bonchev–Trinajstić information content (AvgIpc) is 3.12. The third-order valence-corrected chi connectivity index (χ3v) is 7.26. The van der Waals surface area contributed by atoms with Crippen molar-refractivity contribution in [2.75, 3.05) is 7.05 Å². The zero-order valence-corrected chi connectivity index (χ0v) is 23.1. The van der Waals surface area contributed by atoms with Gasteiger partial charge in [-0.25, -0.2) is 0 Å². The fourth-order valence-corrected chi connectivity index (χ4v) is 5.62. The van der Waals surface area contributed by atoms with Crippen LogP contribution in [0.2, 0.25) is 0 Å². The Morgan fingerprint density at radius 2 is 1.77 bits per heavy atom. The number of ketones is 1. The van der Waals surface area contributed by atoms with Gasteiger partial charge >= 0.3 is 0 Å². The molecule has 35 heavy (non-hydrogen) atoms. The molecule has 6 nitrogen and oxygen atoms in total. The Morgan fingerprint density at radius 3 is 2.26 bits per heavy atom. The lowest BCUT2D eigenvalue weighted by Crippen LogP contribution is -2.44. The first-order valence-electron chi connectivity index (χ1n) is 12.5. The molecule has 1 fully saturated rings. The zero-order valence-electron chi connectivity index (χ0n) is 22.2. The molecule has 1 amide bonds. The number of thiol groups is 1. The average molecular weight is 502 g/mol. The topological polar surface area (TPSA) is 102 Å². The van der Waals surface area contributed by atoms with E-state index >= 15 is 0 Å². The van der Waals surface area contributed by atoms with Gasteiger partial charge in [-0.15, -0.1) is 12.6 Å². The highest BCUT2D eigenvalue weighted by molar-refractivity contribution is 7.84. The molecule has 0 bridgehead atoms. The molecule has 0 saturated heterocycles. The van der Waals surface area contributed by atoms with Gasteiger partial charge in [0.05, 0.1) is 18.2 Å². The first kappa shape index (κ1) is 29.3. The number of likely N-dealkylation sites (N-methyl/N-ethyl adjacent to an activating group) is 1. The van der Waals surface area contributed by atoms with Crippen LogP contribution in [0.5, 0.6) is 0 Å². The molecule has 1 saturated carbocycles. The predicted molar refractivity (Wildman–Crippen MR) is 147 cm³/mol. The molecule has 1 aliphatic carbocycles. The van der Waals surface area contributed by atoms with Gasteiger partial charge in [-0.3, -0.25) is 9.59 Å². The lowest BCUT2D eigenvalue weighted by Gasteiger charge is -2.29. The van der Waals surface area contributed by atoms with E-state index < -0.39 is 6.10 Å². The van der Waals surface area contributed by atoms with E-state index in [9.17, 15) is 14.7 Å². The second-order valence-electron chi connectivity index (χ2n) is 11.0. The van der Waals surface area contributed by atoms with Crippen LogP contribution in [-0.2, 0) is 9.59 Å². The molecule has 1 aromatic rings. The molecule has 0 aliphatic heterocycles. The van der Waals surface area contributed by atoms with Crippen LogP contribution < -0.4 is 10.6 Å². The number of aliphatic hydroxyl groups excluding tert-OH is 1. The molecule has 1 unspecified atom stereocenters. The number of carbonyl (C=O) groups is 2. The van der Waals surface area contributed by atoms with Crippen molar-refractivity contribution < 1.29 is 14.7 Å². The van der Waals surface area contributed by atoms with E-state index in [0.29, 0.717) is 31.4 Å². The molecule has 0 radical (unpaired) electrons. The van der Waals surface area contributed by atoms with Gasteiger partial charge in [-0.2, -0.15) is 0 Å². The SMILES string of the molecule is CN[C@H](C(=O)CCC1C[C@H](O)C[C@H]1C(=O)N[C@@H](C)c1ccc(/C(C(C)=N)=C(\C)S)cc1)C(C)(C)C. The molecule has 5 atom stereocenters. The molecule has 0 spiro atoms. The standard InChI is InChI=1S/C28H43N3O3S/c1-16(29)25(18(3)35)20-10-8-19(9-11-20)17(2)31-27(34)23-15-22(32)14-21(23)12-13-24(33)26(30-7)28(4,5)6/h8-11,17,21-23,26,29-30,32,35H,12-15H2,1-7H3,(H,31,34)/b25-18+,29-16?/t17-,21?,22-,23+,26+/m0/s1. The Morgan fingerprint density at radius 1 is 1.17 bits per heavy atom. The number of hydrogen-bond acceptors (Lipinski definition) is 6. The minimum atomic E-state index is -0.512. The molecule has 7 heteroatoms. The fraction of sp³-hybridized carbons (Fsp3) is 0.607. The number of rotatable bonds is 10. The van der Waals surface area contributed by atoms with E-state index in [-0.39, 0.29) is 41.0 Å². The van der Waals surface area contributed by atoms with Crippen LogP contribution in [0.3, 0.4) is 0 Å². The Kier molecular flexibility index (Phi) is 10.3. The number of benzene rings is 1. The summed E-state index contributed by atoms with van der Waals surface area (Å²) in [4.78, 5) is 26.8. The molecule has 0 heterocycles. The number of Topliss-reactive ketones (excluding diaryl/α,β-unsaturated/α-hetero) is 1. The number of nitrogens with one attached hydrogen (secondary N) is 3. The first-order chi connectivity index (χ1) is 16.3. The number of hydrogen-bond donors (Lipinski definition) is 5. The number of aliphatic hydroxyl groups is 1. The second kappa shape index (κ2) is 12.3. The van der Waals surface area contributed by atoms with Crippen LogP contribution in [0.25, 0.3) is 5.57 Å². The van der Waals surface area contributed by atoms with Crippen molar-refractivity contribution in [2.24, 2.45) is 17.3 Å². The fourth-order valence-electron chi connectivity index (χ4n) is 5.32. The minimum Gasteiger partial charge on any atom is -0.393 e. The predicted octanol–water partition coefficient (Wildman–Crippen LogP) is 4.93. The van der Waals surface area contributed by atoms with Crippen molar-refractivity contribution >= 4 is 35.6 Å². The van der Waals surface area contributed by atoms with Crippen LogP contribution in [0.4, 0.5) is 0 Å². The maximum Gasteiger partial charge on any atom is 0.223 e. The Labute approximate surface area is 216 Å². The van der Waals surface area contributed by atoms with Crippen molar-refractivity contribution in [2.45, 2.75) is 85.4 Å². The number of carbonyl (C=O) groups excluding carboxylic acids is 2. The molecular formula is C28H43N3O3S. The summed E-state index contributed by atoms with van der Waals surface area (Å²) in [6.45, 7) is 11.7. The largest absolute Gasteiger partial charge is 0.393 e. The summed E-state index contributed by atoms with van der Waals surface area (Å²) in [5.41, 5.74) is 2.97. The van der Waals surface area contributed by atoms with E-state index in [4.69, 9.17) is 5.41 Å². The van der Waals surface area contributed by atoms with Gasteiger partial charge in [0.2, 0.25) is 5.91 Å². The zero-order chi connectivity index (χ0) is 26.5. The maximum absolute atomic E-state index is 13.2. The molecule has 4 N–H and O–H groups in total. The summed E-state index contributed by atoms with van der Waals surface area (Å²) in [5, 5.41) is 24.5. The summed E-state index contributed by atoms with van der Waals surface area (Å²) in [6, 6.07) is 7.39. The first-order valence-corrected chi connectivity index (χ1v) is 12.9. The Bertz CT molecular complexity index is 945. The lowest BCUT2D eigenvalue weighted by atomic mass is 9.81. The van der Waals surface area contributed by atoms with Gasteiger partial charge < -0.3 is 21.1 Å². The van der Waals surface area contributed by atoms with E-state index in [1.54, 1.807) is 14.0 Å². The molecule has 1 aliphatic rings. The smallest absolute Gasteiger partial charge is 0.223 e. The van der Waals surface area contributed by atoms with Crippen molar-refractivity contribution in [1.82, 2.24) is 10.6 Å². The highest BCUT2D eigenvalue weighted by Gasteiger charge is 2.39. The van der Waals surface area contributed by atoms with E-state index in [0.717, 1.165) is 21.6 Å². The number of allylic oxidation sites excluding steroid dienone is 2. The van der Waals surface area contributed by atoms with Crippen LogP contribution in [0, 0.1) is 22.7 Å². The van der Waals surface area contributed by atoms with Gasteiger partial charge in [0.15, 0.2) is 0 Å². The van der Waals surface area contributed by atoms with Crippen molar-refractivity contribution in [3.8, 4) is 0 Å². The highest BCUT2D eigenvalue weighted by Crippen LogP contribution is 2.36. The van der Waals surface area contributed by atoms with Crippen molar-refractivity contribution in [3.05, 3.63) is 40.3 Å². The van der Waals surface area contributed by atoms with Crippen LogP contribution in [-0.4, -0.2) is 41.7 Å². The summed E-state index contributed by atoms with van der Waals surface area (Å²) < 4.78 is 0. The molecule has 1 aromatic carbocycles. The van der Waals surface area contributed by atoms with Crippen molar-refractivity contribution in [1.29, 1.82) is 5.41 Å². The molecule has 2 rings (SSSR count). The van der Waals surface area contributed by atoms with E-state index in [1.165, 1.54) is 0 Å². The molecule has 194 valence electrons. The monoisotopic (exact) mass is 501 g/mol. The van der Waals surface area contributed by atoms with Gasteiger partial charge in [0.1, 0.15) is 5.78 Å². The van der Waals surface area contributed by atoms with Gasteiger partial charge in [-0.05, 0) is 74.4 Å². The van der Waals surface area contributed by atoms with E-state index in [1.807, 2.05) is 58.9 Å². The van der Waals surface area contributed by atoms with Crippen LogP contribution in [0.15, 0.2) is 29.2 Å². The van der Waals surface area contributed by atoms with Gasteiger partial charge in [-0.1, -0.05) is 45.0 Å².